The van der Waals surface area contributed by atoms with E-state index in [4.69, 9.17) is 9.47 Å². The van der Waals surface area contributed by atoms with Gasteiger partial charge < -0.3 is 14.8 Å². The molecular formula is C21H26N2O5. The monoisotopic (exact) mass is 386 g/mol. The van der Waals surface area contributed by atoms with Crippen LogP contribution in [0.5, 0.6) is 11.5 Å². The molecule has 0 radical (unpaired) electrons. The summed E-state index contributed by atoms with van der Waals surface area (Å²) in [5, 5.41) is 13.8. The highest BCUT2D eigenvalue weighted by Gasteiger charge is 2.15. The Balaban J connectivity index is 1.95. The lowest BCUT2D eigenvalue weighted by molar-refractivity contribution is -0.385. The number of non-ortho nitro benzene ring substituents is 1. The minimum atomic E-state index is -0.530. The zero-order valence-corrected chi connectivity index (χ0v) is 16.6. The second-order valence-corrected chi connectivity index (χ2v) is 7.01. The van der Waals surface area contributed by atoms with Crippen LogP contribution in [-0.2, 0) is 11.2 Å². The van der Waals surface area contributed by atoms with E-state index in [0.29, 0.717) is 11.7 Å². The number of nitrogens with one attached hydrogen (secondary N) is 1. The highest BCUT2D eigenvalue weighted by Crippen LogP contribution is 2.31. The number of carbonyl (C=O) groups excluding carboxylic acids is 1. The second kappa shape index (κ2) is 9.73. The van der Waals surface area contributed by atoms with Gasteiger partial charge in [0.2, 0.25) is 0 Å². The van der Waals surface area contributed by atoms with E-state index < -0.39 is 4.92 Å². The lowest BCUT2D eigenvalue weighted by Gasteiger charge is -2.16. The Labute approximate surface area is 164 Å². The van der Waals surface area contributed by atoms with E-state index in [-0.39, 0.29) is 30.0 Å². The van der Waals surface area contributed by atoms with E-state index >= 15 is 0 Å². The molecule has 0 heterocycles. The zero-order valence-electron chi connectivity index (χ0n) is 16.6. The van der Waals surface area contributed by atoms with Gasteiger partial charge in [-0.1, -0.05) is 38.1 Å². The molecule has 0 saturated heterocycles. The normalized spacial score (nSPS) is 11.8. The Hall–Kier alpha value is -3.09. The summed E-state index contributed by atoms with van der Waals surface area (Å²) in [7, 11) is 1.43. The van der Waals surface area contributed by atoms with Crippen molar-refractivity contribution in [2.75, 3.05) is 13.7 Å². The van der Waals surface area contributed by atoms with Gasteiger partial charge in [0.15, 0.2) is 18.1 Å². The molecule has 0 aromatic heterocycles. The Kier molecular flexibility index (Phi) is 7.37. The maximum Gasteiger partial charge on any atom is 0.273 e. The van der Waals surface area contributed by atoms with Gasteiger partial charge in [0.1, 0.15) is 0 Å². The molecule has 0 aliphatic heterocycles. The SMILES string of the molecule is COc1ccc([N+](=O)[O-])cc1OCC(=O)N[C@H](C)c1ccc(CC(C)C)cc1. The number of nitro benzene ring substituents is 1. The highest BCUT2D eigenvalue weighted by molar-refractivity contribution is 5.78. The number of rotatable bonds is 9. The van der Waals surface area contributed by atoms with Crippen LogP contribution >= 0.6 is 0 Å². The fourth-order valence-corrected chi connectivity index (χ4v) is 2.82. The van der Waals surface area contributed by atoms with E-state index in [1.807, 2.05) is 19.1 Å². The highest BCUT2D eigenvalue weighted by atomic mass is 16.6. The smallest absolute Gasteiger partial charge is 0.273 e. The van der Waals surface area contributed by atoms with Crippen LogP contribution in [0.3, 0.4) is 0 Å². The summed E-state index contributed by atoms with van der Waals surface area (Å²) in [5.74, 6) is 0.739. The van der Waals surface area contributed by atoms with Crippen molar-refractivity contribution in [2.45, 2.75) is 33.2 Å². The lowest BCUT2D eigenvalue weighted by atomic mass is 10.00. The molecule has 150 valence electrons. The van der Waals surface area contributed by atoms with Crippen molar-refractivity contribution < 1.29 is 19.2 Å². The van der Waals surface area contributed by atoms with E-state index in [1.165, 1.54) is 30.9 Å². The van der Waals surface area contributed by atoms with Crippen LogP contribution in [0.25, 0.3) is 0 Å². The third-order valence-electron chi connectivity index (χ3n) is 4.22. The maximum atomic E-state index is 12.2. The number of hydrogen-bond acceptors (Lipinski definition) is 5. The van der Waals surface area contributed by atoms with Gasteiger partial charge in [-0.05, 0) is 36.5 Å². The van der Waals surface area contributed by atoms with Crippen molar-refractivity contribution in [3.8, 4) is 11.5 Å². The average Bonchev–Trinajstić information content (AvgIpc) is 2.66. The Morgan fingerprint density at radius 1 is 1.11 bits per heavy atom. The zero-order chi connectivity index (χ0) is 20.7. The molecule has 1 N–H and O–H groups in total. The molecule has 1 amide bonds. The third-order valence-corrected chi connectivity index (χ3v) is 4.22. The topological polar surface area (TPSA) is 90.7 Å². The number of amides is 1. The summed E-state index contributed by atoms with van der Waals surface area (Å²) in [6.07, 6.45) is 1.01. The van der Waals surface area contributed by atoms with Crippen molar-refractivity contribution in [3.63, 3.8) is 0 Å². The van der Waals surface area contributed by atoms with Crippen LogP contribution in [0, 0.1) is 16.0 Å². The quantitative estimate of drug-likeness (QED) is 0.518. The van der Waals surface area contributed by atoms with Crippen LogP contribution < -0.4 is 14.8 Å². The molecule has 2 rings (SSSR count). The first-order valence-corrected chi connectivity index (χ1v) is 9.13. The number of methoxy groups -OCH3 is 1. The summed E-state index contributed by atoms with van der Waals surface area (Å²) >= 11 is 0. The van der Waals surface area contributed by atoms with Gasteiger partial charge in [0.25, 0.3) is 11.6 Å². The van der Waals surface area contributed by atoms with Gasteiger partial charge in [0.05, 0.1) is 24.1 Å². The number of hydrogen-bond donors (Lipinski definition) is 1. The summed E-state index contributed by atoms with van der Waals surface area (Å²) in [6, 6.07) is 12.0. The van der Waals surface area contributed by atoms with Crippen molar-refractivity contribution in [3.05, 3.63) is 63.7 Å². The molecule has 0 bridgehead atoms. The van der Waals surface area contributed by atoms with E-state index in [9.17, 15) is 14.9 Å². The molecule has 0 saturated carbocycles. The van der Waals surface area contributed by atoms with Crippen LogP contribution in [0.2, 0.25) is 0 Å². The summed E-state index contributed by atoms with van der Waals surface area (Å²) in [4.78, 5) is 22.6. The van der Waals surface area contributed by atoms with Gasteiger partial charge in [-0.3, -0.25) is 14.9 Å². The minimum absolute atomic E-state index is 0.133. The minimum Gasteiger partial charge on any atom is -0.493 e. The molecule has 1 atom stereocenters. The Bertz CT molecular complexity index is 818. The van der Waals surface area contributed by atoms with E-state index in [0.717, 1.165) is 12.0 Å². The largest absolute Gasteiger partial charge is 0.493 e. The van der Waals surface area contributed by atoms with Crippen LogP contribution in [0.4, 0.5) is 5.69 Å². The number of nitro groups is 1. The summed E-state index contributed by atoms with van der Waals surface area (Å²) in [6.45, 7) is 5.97. The van der Waals surface area contributed by atoms with Gasteiger partial charge in [0, 0.05) is 6.07 Å². The first-order valence-electron chi connectivity index (χ1n) is 9.13. The Morgan fingerprint density at radius 3 is 2.36 bits per heavy atom. The molecule has 0 aliphatic rings. The van der Waals surface area contributed by atoms with Crippen molar-refractivity contribution in [2.24, 2.45) is 5.92 Å². The number of ether oxygens (including phenoxy) is 2. The van der Waals surface area contributed by atoms with Crippen molar-refractivity contribution in [1.82, 2.24) is 5.32 Å². The average molecular weight is 386 g/mol. The van der Waals surface area contributed by atoms with Gasteiger partial charge >= 0.3 is 0 Å². The standard InChI is InChI=1S/C21H26N2O5/c1-14(2)11-16-5-7-17(8-6-16)15(3)22-21(24)13-28-20-12-18(23(25)26)9-10-19(20)27-4/h5-10,12,14-15H,11,13H2,1-4H3,(H,22,24)/t15-/m1/s1. The van der Waals surface area contributed by atoms with Gasteiger partial charge in [-0.25, -0.2) is 0 Å². The summed E-state index contributed by atoms with van der Waals surface area (Å²) in [5.41, 5.74) is 2.12. The number of carbonyl (C=O) groups is 1. The number of nitrogens with zero attached hydrogens (tertiary/aromatic N) is 1. The lowest BCUT2D eigenvalue weighted by Crippen LogP contribution is -2.31. The molecular weight excluding hydrogens is 360 g/mol. The predicted octanol–water partition coefficient (Wildman–Crippen LogP) is 4.06. The molecule has 0 unspecified atom stereocenters. The van der Waals surface area contributed by atoms with Gasteiger partial charge in [-0.15, -0.1) is 0 Å². The fraction of sp³-hybridized carbons (Fsp3) is 0.381. The molecule has 0 spiro atoms. The molecule has 0 fully saturated rings. The van der Waals surface area contributed by atoms with Crippen molar-refractivity contribution >= 4 is 11.6 Å². The van der Waals surface area contributed by atoms with Crippen LogP contribution in [0.15, 0.2) is 42.5 Å². The van der Waals surface area contributed by atoms with E-state index in [2.05, 4.69) is 31.3 Å². The van der Waals surface area contributed by atoms with E-state index in [1.54, 1.807) is 0 Å². The first-order chi connectivity index (χ1) is 13.3. The second-order valence-electron chi connectivity index (χ2n) is 7.01. The van der Waals surface area contributed by atoms with Gasteiger partial charge in [-0.2, -0.15) is 0 Å². The first kappa shape index (κ1) is 21.2. The third kappa shape index (κ3) is 5.97. The molecule has 0 aliphatic carbocycles. The predicted molar refractivity (Wildman–Crippen MR) is 107 cm³/mol. The molecule has 7 heteroatoms. The summed E-state index contributed by atoms with van der Waals surface area (Å²) < 4.78 is 10.6. The molecule has 2 aromatic rings. The molecule has 7 nitrogen and oxygen atoms in total. The fourth-order valence-electron chi connectivity index (χ4n) is 2.82. The number of benzene rings is 2. The van der Waals surface area contributed by atoms with Crippen LogP contribution in [0.1, 0.15) is 37.9 Å². The van der Waals surface area contributed by atoms with Crippen LogP contribution in [-0.4, -0.2) is 24.5 Å². The van der Waals surface area contributed by atoms with Crippen molar-refractivity contribution in [1.29, 1.82) is 0 Å². The molecule has 2 aromatic carbocycles. The maximum absolute atomic E-state index is 12.2. The molecule has 28 heavy (non-hydrogen) atoms. The Morgan fingerprint density at radius 2 is 1.79 bits per heavy atom.